The summed E-state index contributed by atoms with van der Waals surface area (Å²) in [6.07, 6.45) is 3.30. The lowest BCUT2D eigenvalue weighted by Gasteiger charge is -2.13. The molecule has 1 N–H and O–H groups in total. The second-order valence-electron chi connectivity index (χ2n) is 4.42. The Balaban J connectivity index is 1.81. The van der Waals surface area contributed by atoms with Crippen molar-refractivity contribution in [2.45, 2.75) is 37.5 Å². The molecule has 0 aliphatic carbocycles. The van der Waals surface area contributed by atoms with E-state index in [1.54, 1.807) is 16.7 Å². The second-order valence-corrected chi connectivity index (χ2v) is 5.71. The number of hydrogen-bond donors (Lipinski definition) is 1. The van der Waals surface area contributed by atoms with Crippen LogP contribution in [0.4, 0.5) is 0 Å². The van der Waals surface area contributed by atoms with E-state index in [-0.39, 0.29) is 11.9 Å². The predicted octanol–water partition coefficient (Wildman–Crippen LogP) is 1.08. The van der Waals surface area contributed by atoms with E-state index >= 15 is 0 Å². The zero-order valence-electron chi connectivity index (χ0n) is 9.90. The van der Waals surface area contributed by atoms with Crippen molar-refractivity contribution >= 4 is 22.8 Å². The lowest BCUT2D eigenvalue weighted by Crippen LogP contribution is -2.39. The zero-order valence-corrected chi connectivity index (χ0v) is 10.7. The normalized spacial score (nSPS) is 29.8. The molecule has 2 unspecified atom stereocenters. The number of carbonyl (C=O) groups is 1. The Hall–Kier alpha value is -0.710. The number of rotatable bonds is 3. The minimum Gasteiger partial charge on any atom is -0.353 e. The highest BCUT2D eigenvalue weighted by molar-refractivity contribution is 8.14. The van der Waals surface area contributed by atoms with Crippen molar-refractivity contribution < 1.29 is 4.79 Å². The number of likely N-dealkylation sites (tertiary alicyclic amines) is 1. The van der Waals surface area contributed by atoms with Crippen molar-refractivity contribution in [1.29, 1.82) is 0 Å². The molecule has 2 aliphatic heterocycles. The summed E-state index contributed by atoms with van der Waals surface area (Å²) >= 11 is 1.79. The summed E-state index contributed by atoms with van der Waals surface area (Å²) in [6.45, 7) is 3.95. The molecule has 1 amide bonds. The lowest BCUT2D eigenvalue weighted by atomic mass is 10.2. The van der Waals surface area contributed by atoms with Gasteiger partial charge in [0.15, 0.2) is 5.17 Å². The Morgan fingerprint density at radius 2 is 2.44 bits per heavy atom. The number of nitrogens with one attached hydrogen (secondary N) is 1. The number of nitrogens with zero attached hydrogens (tertiary/aromatic N) is 2. The van der Waals surface area contributed by atoms with E-state index < -0.39 is 0 Å². The summed E-state index contributed by atoms with van der Waals surface area (Å²) in [4.78, 5) is 17.9. The molecule has 1 saturated heterocycles. The highest BCUT2D eigenvalue weighted by Crippen LogP contribution is 2.24. The van der Waals surface area contributed by atoms with Gasteiger partial charge in [0.1, 0.15) is 6.04 Å². The third-order valence-electron chi connectivity index (χ3n) is 3.05. The van der Waals surface area contributed by atoms with Gasteiger partial charge in [0.25, 0.3) is 0 Å². The molecular formula is C11H19N3OS. The van der Waals surface area contributed by atoms with Gasteiger partial charge in [-0.15, -0.1) is 0 Å². The van der Waals surface area contributed by atoms with Crippen molar-refractivity contribution in [1.82, 2.24) is 10.2 Å². The van der Waals surface area contributed by atoms with Crippen molar-refractivity contribution in [3.05, 3.63) is 0 Å². The molecular weight excluding hydrogens is 222 g/mol. The first kappa shape index (κ1) is 11.8. The van der Waals surface area contributed by atoms with Crippen LogP contribution in [0, 0.1) is 0 Å². The number of carbonyl (C=O) groups excluding carboxylic acids is 1. The van der Waals surface area contributed by atoms with Gasteiger partial charge in [-0.1, -0.05) is 25.1 Å². The molecule has 90 valence electrons. The third-order valence-corrected chi connectivity index (χ3v) is 4.24. The first-order valence-electron chi connectivity index (χ1n) is 5.93. The molecule has 4 nitrogen and oxygen atoms in total. The smallest absolute Gasteiger partial charge is 0.244 e. The first-order chi connectivity index (χ1) is 7.70. The van der Waals surface area contributed by atoms with Gasteiger partial charge in [0.05, 0.1) is 6.54 Å². The number of aliphatic imine (C=N–C) groups is 1. The van der Waals surface area contributed by atoms with Gasteiger partial charge in [-0.2, -0.15) is 0 Å². The van der Waals surface area contributed by atoms with E-state index in [9.17, 15) is 4.79 Å². The SMILES string of the molecule is CCCC1CN=C(NC2CCN(C)C2=O)S1. The second kappa shape index (κ2) is 5.08. The standard InChI is InChI=1S/C11H19N3OS/c1-3-4-8-7-12-11(16-8)13-9-5-6-14(2)10(9)15/h8-9H,3-7H2,1-2H3,(H,12,13). The van der Waals surface area contributed by atoms with Crippen LogP contribution < -0.4 is 5.32 Å². The summed E-state index contributed by atoms with van der Waals surface area (Å²) in [5.41, 5.74) is 0. The summed E-state index contributed by atoms with van der Waals surface area (Å²) in [5.74, 6) is 0.197. The van der Waals surface area contributed by atoms with Gasteiger partial charge in [-0.05, 0) is 12.8 Å². The van der Waals surface area contributed by atoms with E-state index in [0.29, 0.717) is 5.25 Å². The number of amides is 1. The Morgan fingerprint density at radius 3 is 3.06 bits per heavy atom. The molecule has 2 atom stereocenters. The van der Waals surface area contributed by atoms with E-state index in [1.165, 1.54) is 12.8 Å². The monoisotopic (exact) mass is 241 g/mol. The van der Waals surface area contributed by atoms with Gasteiger partial charge >= 0.3 is 0 Å². The van der Waals surface area contributed by atoms with E-state index in [0.717, 1.165) is 24.7 Å². The van der Waals surface area contributed by atoms with Crippen molar-refractivity contribution in [3.8, 4) is 0 Å². The van der Waals surface area contributed by atoms with Crippen LogP contribution in [-0.2, 0) is 4.79 Å². The van der Waals surface area contributed by atoms with Crippen LogP contribution in [0.5, 0.6) is 0 Å². The molecule has 0 spiro atoms. The van der Waals surface area contributed by atoms with Crippen LogP contribution in [0.3, 0.4) is 0 Å². The number of thioether (sulfide) groups is 1. The number of likely N-dealkylation sites (N-methyl/N-ethyl adjacent to an activating group) is 1. The molecule has 5 heteroatoms. The van der Waals surface area contributed by atoms with Gasteiger partial charge in [-0.25, -0.2) is 0 Å². The molecule has 2 aliphatic rings. The highest BCUT2D eigenvalue weighted by Gasteiger charge is 2.31. The molecule has 2 rings (SSSR count). The number of amidine groups is 1. The molecule has 0 bridgehead atoms. The fourth-order valence-corrected chi connectivity index (χ4v) is 3.25. The zero-order chi connectivity index (χ0) is 11.5. The Bertz CT molecular complexity index is 306. The molecule has 2 heterocycles. The summed E-state index contributed by atoms with van der Waals surface area (Å²) < 4.78 is 0. The average Bonchev–Trinajstić information content (AvgIpc) is 2.82. The summed E-state index contributed by atoms with van der Waals surface area (Å²) in [7, 11) is 1.85. The van der Waals surface area contributed by atoms with Crippen molar-refractivity contribution in [2.24, 2.45) is 4.99 Å². The van der Waals surface area contributed by atoms with Crippen LogP contribution in [0.2, 0.25) is 0 Å². The van der Waals surface area contributed by atoms with E-state index in [2.05, 4.69) is 17.2 Å². The molecule has 0 aromatic rings. The summed E-state index contributed by atoms with van der Waals surface area (Å²) in [6, 6.07) is -0.0448. The largest absolute Gasteiger partial charge is 0.353 e. The minimum atomic E-state index is -0.0448. The van der Waals surface area contributed by atoms with Crippen LogP contribution >= 0.6 is 11.8 Å². The average molecular weight is 241 g/mol. The Labute approximate surface area is 101 Å². The lowest BCUT2D eigenvalue weighted by molar-refractivity contribution is -0.127. The predicted molar refractivity (Wildman–Crippen MR) is 67.8 cm³/mol. The first-order valence-corrected chi connectivity index (χ1v) is 6.81. The Kier molecular flexibility index (Phi) is 3.74. The van der Waals surface area contributed by atoms with Crippen molar-refractivity contribution in [2.75, 3.05) is 20.1 Å². The fraction of sp³-hybridized carbons (Fsp3) is 0.818. The minimum absolute atomic E-state index is 0.0448. The van der Waals surface area contributed by atoms with Gasteiger partial charge in [0.2, 0.25) is 5.91 Å². The van der Waals surface area contributed by atoms with Gasteiger partial charge < -0.3 is 10.2 Å². The topological polar surface area (TPSA) is 44.7 Å². The van der Waals surface area contributed by atoms with Crippen LogP contribution in [0.15, 0.2) is 4.99 Å². The molecule has 0 saturated carbocycles. The maximum absolute atomic E-state index is 11.7. The van der Waals surface area contributed by atoms with E-state index in [4.69, 9.17) is 0 Å². The molecule has 16 heavy (non-hydrogen) atoms. The molecule has 0 aromatic carbocycles. The quantitative estimate of drug-likeness (QED) is 0.804. The van der Waals surface area contributed by atoms with Crippen molar-refractivity contribution in [3.63, 3.8) is 0 Å². The van der Waals surface area contributed by atoms with Crippen LogP contribution in [-0.4, -0.2) is 47.4 Å². The van der Waals surface area contributed by atoms with Gasteiger partial charge in [-0.3, -0.25) is 9.79 Å². The van der Waals surface area contributed by atoms with Crippen LogP contribution in [0.1, 0.15) is 26.2 Å². The Morgan fingerprint density at radius 1 is 1.62 bits per heavy atom. The molecule has 0 radical (unpaired) electrons. The van der Waals surface area contributed by atoms with Gasteiger partial charge in [0, 0.05) is 18.8 Å². The summed E-state index contributed by atoms with van der Waals surface area (Å²) in [5, 5.41) is 4.85. The maximum Gasteiger partial charge on any atom is 0.244 e. The molecule has 0 aromatic heterocycles. The fourth-order valence-electron chi connectivity index (χ4n) is 2.07. The number of hydrogen-bond acceptors (Lipinski definition) is 4. The van der Waals surface area contributed by atoms with Crippen LogP contribution in [0.25, 0.3) is 0 Å². The molecule has 1 fully saturated rings. The highest BCUT2D eigenvalue weighted by atomic mass is 32.2. The third kappa shape index (κ3) is 2.51. The van der Waals surface area contributed by atoms with E-state index in [1.807, 2.05) is 7.05 Å². The maximum atomic E-state index is 11.7.